The first-order valence-electron chi connectivity index (χ1n) is 6.50. The first-order valence-corrected chi connectivity index (χ1v) is 6.50. The van der Waals surface area contributed by atoms with Gasteiger partial charge in [0, 0.05) is 38.9 Å². The predicted octanol–water partition coefficient (Wildman–Crippen LogP) is -0.0109. The van der Waals surface area contributed by atoms with Crippen molar-refractivity contribution in [3.63, 3.8) is 0 Å². The molecule has 18 heavy (non-hydrogen) atoms. The smallest absolute Gasteiger partial charge is 0.224 e. The normalized spacial score (nSPS) is 17.6. The molecule has 2 heterocycles. The van der Waals surface area contributed by atoms with E-state index in [0.717, 1.165) is 32.0 Å². The van der Waals surface area contributed by atoms with Crippen LogP contribution < -0.4 is 16.0 Å². The van der Waals surface area contributed by atoms with Crippen molar-refractivity contribution in [1.29, 1.82) is 0 Å². The van der Waals surface area contributed by atoms with Gasteiger partial charge in [-0.25, -0.2) is 4.98 Å². The molecule has 1 aromatic rings. The summed E-state index contributed by atoms with van der Waals surface area (Å²) in [6.45, 7) is 5.59. The van der Waals surface area contributed by atoms with E-state index in [1.165, 1.54) is 6.42 Å². The largest absolute Gasteiger partial charge is 0.355 e. The van der Waals surface area contributed by atoms with Crippen molar-refractivity contribution in [3.8, 4) is 0 Å². The molecule has 100 valence electrons. The second-order valence-corrected chi connectivity index (χ2v) is 4.60. The highest BCUT2D eigenvalue weighted by atomic mass is 15.3. The molecule has 1 aromatic heterocycles. The molecule has 0 radical (unpaired) electrons. The molecule has 0 unspecified atom stereocenters. The monoisotopic (exact) mass is 250 g/mol. The molecule has 1 aliphatic heterocycles. The molecular weight excluding hydrogens is 228 g/mol. The Morgan fingerprint density at radius 2 is 2.22 bits per heavy atom. The van der Waals surface area contributed by atoms with Gasteiger partial charge < -0.3 is 20.9 Å². The summed E-state index contributed by atoms with van der Waals surface area (Å²) in [6.07, 6.45) is 2.97. The number of rotatable bonds is 4. The summed E-state index contributed by atoms with van der Waals surface area (Å²) in [5, 5.41) is 3.11. The number of nitrogens with one attached hydrogen (secondary N) is 1. The molecule has 2 rings (SSSR count). The van der Waals surface area contributed by atoms with Crippen molar-refractivity contribution in [2.24, 2.45) is 5.73 Å². The summed E-state index contributed by atoms with van der Waals surface area (Å²) in [7, 11) is 2.16. The number of hydrogen-bond donors (Lipinski definition) is 2. The van der Waals surface area contributed by atoms with Crippen LogP contribution in [0.1, 0.15) is 6.42 Å². The van der Waals surface area contributed by atoms with Crippen LogP contribution >= 0.6 is 0 Å². The quantitative estimate of drug-likeness (QED) is 0.783. The standard InChI is InChI=1S/C12H22N6/c1-17-7-2-8-18(10-9-17)11-3-5-14-12(16-11)15-6-4-13/h3,5H,2,4,6-10,13H2,1H3,(H,14,15,16). The molecule has 1 aliphatic rings. The van der Waals surface area contributed by atoms with E-state index in [0.29, 0.717) is 19.0 Å². The molecule has 1 saturated heterocycles. The Bertz CT molecular complexity index is 369. The number of likely N-dealkylation sites (N-methyl/N-ethyl adjacent to an activating group) is 1. The third kappa shape index (κ3) is 3.54. The lowest BCUT2D eigenvalue weighted by atomic mass is 10.4. The second kappa shape index (κ2) is 6.51. The van der Waals surface area contributed by atoms with Crippen LogP contribution in [0.4, 0.5) is 11.8 Å². The number of nitrogens with zero attached hydrogens (tertiary/aromatic N) is 4. The van der Waals surface area contributed by atoms with E-state index in [1.807, 2.05) is 6.07 Å². The Morgan fingerprint density at radius 1 is 1.33 bits per heavy atom. The molecule has 1 fully saturated rings. The highest BCUT2D eigenvalue weighted by Gasteiger charge is 2.13. The van der Waals surface area contributed by atoms with E-state index in [9.17, 15) is 0 Å². The van der Waals surface area contributed by atoms with Gasteiger partial charge in [0.2, 0.25) is 5.95 Å². The van der Waals surface area contributed by atoms with Crippen LogP contribution in [0.2, 0.25) is 0 Å². The maximum absolute atomic E-state index is 5.46. The van der Waals surface area contributed by atoms with Gasteiger partial charge in [-0.2, -0.15) is 4.98 Å². The van der Waals surface area contributed by atoms with Crippen molar-refractivity contribution in [3.05, 3.63) is 12.3 Å². The molecule has 0 atom stereocenters. The molecule has 0 aliphatic carbocycles. The molecule has 6 nitrogen and oxygen atoms in total. The summed E-state index contributed by atoms with van der Waals surface area (Å²) in [4.78, 5) is 13.4. The summed E-state index contributed by atoms with van der Waals surface area (Å²) >= 11 is 0. The first-order chi connectivity index (χ1) is 8.79. The average Bonchev–Trinajstić information content (AvgIpc) is 2.61. The lowest BCUT2D eigenvalue weighted by Crippen LogP contribution is -2.29. The predicted molar refractivity (Wildman–Crippen MR) is 73.9 cm³/mol. The Kier molecular flexibility index (Phi) is 4.72. The minimum atomic E-state index is 0.585. The fourth-order valence-electron chi connectivity index (χ4n) is 2.07. The van der Waals surface area contributed by atoms with Gasteiger partial charge in [0.25, 0.3) is 0 Å². The Balaban J connectivity index is 2.02. The van der Waals surface area contributed by atoms with Crippen molar-refractivity contribution in [2.45, 2.75) is 6.42 Å². The zero-order chi connectivity index (χ0) is 12.8. The van der Waals surface area contributed by atoms with Gasteiger partial charge in [0.1, 0.15) is 5.82 Å². The number of aromatic nitrogens is 2. The van der Waals surface area contributed by atoms with E-state index >= 15 is 0 Å². The summed E-state index contributed by atoms with van der Waals surface area (Å²) < 4.78 is 0. The van der Waals surface area contributed by atoms with Crippen LogP contribution in [-0.2, 0) is 0 Å². The van der Waals surface area contributed by atoms with Crippen molar-refractivity contribution >= 4 is 11.8 Å². The van der Waals surface area contributed by atoms with Gasteiger partial charge >= 0.3 is 0 Å². The van der Waals surface area contributed by atoms with Crippen LogP contribution in [0.5, 0.6) is 0 Å². The Morgan fingerprint density at radius 3 is 3.06 bits per heavy atom. The van der Waals surface area contributed by atoms with Crippen molar-refractivity contribution in [2.75, 3.05) is 56.5 Å². The summed E-state index contributed by atoms with van der Waals surface area (Å²) in [5.74, 6) is 1.66. The van der Waals surface area contributed by atoms with Crippen LogP contribution in [0, 0.1) is 0 Å². The highest BCUT2D eigenvalue weighted by molar-refractivity contribution is 5.42. The van der Waals surface area contributed by atoms with Crippen LogP contribution in [0.15, 0.2) is 12.3 Å². The highest BCUT2D eigenvalue weighted by Crippen LogP contribution is 2.14. The lowest BCUT2D eigenvalue weighted by molar-refractivity contribution is 0.360. The van der Waals surface area contributed by atoms with Crippen molar-refractivity contribution < 1.29 is 0 Å². The minimum absolute atomic E-state index is 0.585. The summed E-state index contributed by atoms with van der Waals surface area (Å²) in [6, 6.07) is 1.97. The van der Waals surface area contributed by atoms with Crippen LogP contribution in [0.3, 0.4) is 0 Å². The van der Waals surface area contributed by atoms with Crippen molar-refractivity contribution in [1.82, 2.24) is 14.9 Å². The fourth-order valence-corrected chi connectivity index (χ4v) is 2.07. The molecule has 0 aromatic carbocycles. The lowest BCUT2D eigenvalue weighted by Gasteiger charge is -2.21. The maximum atomic E-state index is 5.46. The molecule has 3 N–H and O–H groups in total. The number of hydrogen-bond acceptors (Lipinski definition) is 6. The maximum Gasteiger partial charge on any atom is 0.224 e. The molecule has 0 bridgehead atoms. The molecule has 0 spiro atoms. The Hall–Kier alpha value is -1.40. The molecule has 0 amide bonds. The van der Waals surface area contributed by atoms with Gasteiger partial charge in [0.15, 0.2) is 0 Å². The van der Waals surface area contributed by atoms with Crippen LogP contribution in [-0.4, -0.2) is 61.2 Å². The third-order valence-corrected chi connectivity index (χ3v) is 3.11. The Labute approximate surface area is 108 Å². The zero-order valence-electron chi connectivity index (χ0n) is 11.0. The third-order valence-electron chi connectivity index (χ3n) is 3.11. The molecular formula is C12H22N6. The second-order valence-electron chi connectivity index (χ2n) is 4.60. The number of nitrogens with two attached hydrogens (primary N) is 1. The van der Waals surface area contributed by atoms with Crippen LogP contribution in [0.25, 0.3) is 0 Å². The fraction of sp³-hybridized carbons (Fsp3) is 0.667. The van der Waals surface area contributed by atoms with E-state index < -0.39 is 0 Å². The van der Waals surface area contributed by atoms with Gasteiger partial charge in [-0.15, -0.1) is 0 Å². The van der Waals surface area contributed by atoms with E-state index in [-0.39, 0.29) is 0 Å². The summed E-state index contributed by atoms with van der Waals surface area (Å²) in [5.41, 5.74) is 5.46. The van der Waals surface area contributed by atoms with Gasteiger partial charge in [-0.3, -0.25) is 0 Å². The molecule has 6 heteroatoms. The first kappa shape index (κ1) is 13.0. The zero-order valence-corrected chi connectivity index (χ0v) is 11.0. The topological polar surface area (TPSA) is 70.3 Å². The molecule has 0 saturated carbocycles. The van der Waals surface area contributed by atoms with Gasteiger partial charge in [-0.1, -0.05) is 0 Å². The van der Waals surface area contributed by atoms with Gasteiger partial charge in [0.05, 0.1) is 0 Å². The van der Waals surface area contributed by atoms with E-state index in [1.54, 1.807) is 6.20 Å². The number of anilines is 2. The SMILES string of the molecule is CN1CCCN(c2ccnc(NCCN)n2)CC1. The van der Waals surface area contributed by atoms with E-state index in [4.69, 9.17) is 5.73 Å². The minimum Gasteiger partial charge on any atom is -0.355 e. The van der Waals surface area contributed by atoms with Gasteiger partial charge in [-0.05, 0) is 26.1 Å². The average molecular weight is 250 g/mol. The van der Waals surface area contributed by atoms with E-state index in [2.05, 4.69) is 32.1 Å².